The van der Waals surface area contributed by atoms with Crippen LogP contribution in [-0.4, -0.2) is 42.9 Å². The first kappa shape index (κ1) is 16.2. The van der Waals surface area contributed by atoms with E-state index in [2.05, 4.69) is 4.98 Å². The van der Waals surface area contributed by atoms with Crippen LogP contribution in [-0.2, 0) is 4.74 Å². The number of hydrogen-bond acceptors (Lipinski definition) is 6. The van der Waals surface area contributed by atoms with E-state index in [1.807, 2.05) is 11.9 Å². The van der Waals surface area contributed by atoms with Gasteiger partial charge in [0.15, 0.2) is 5.82 Å². The summed E-state index contributed by atoms with van der Waals surface area (Å²) in [5, 5.41) is 8.74. The molecule has 0 fully saturated rings. The molecule has 0 aromatic carbocycles. The van der Waals surface area contributed by atoms with Crippen molar-refractivity contribution in [3.63, 3.8) is 0 Å². The van der Waals surface area contributed by atoms with Crippen molar-refractivity contribution >= 4 is 17.5 Å². The van der Waals surface area contributed by atoms with Crippen LogP contribution in [0.1, 0.15) is 36.5 Å². The lowest BCUT2D eigenvalue weighted by atomic mass is 10.2. The predicted molar refractivity (Wildman–Crippen MR) is 78.8 cm³/mol. The predicted octanol–water partition coefficient (Wildman–Crippen LogP) is 1.44. The van der Waals surface area contributed by atoms with E-state index >= 15 is 0 Å². The third-order valence-corrected chi connectivity index (χ3v) is 2.98. The Morgan fingerprint density at radius 3 is 2.85 bits per heavy atom. The average molecular weight is 281 g/mol. The Morgan fingerprint density at radius 2 is 2.20 bits per heavy atom. The molecule has 0 saturated heterocycles. The van der Waals surface area contributed by atoms with Crippen molar-refractivity contribution in [1.82, 2.24) is 4.98 Å². The van der Waals surface area contributed by atoms with Gasteiger partial charge < -0.3 is 20.5 Å². The Balaban J connectivity index is 2.74. The highest BCUT2D eigenvalue weighted by atomic mass is 16.5. The van der Waals surface area contributed by atoms with E-state index in [0.29, 0.717) is 23.7 Å². The minimum atomic E-state index is -0.428. The fourth-order valence-corrected chi connectivity index (χ4v) is 1.90. The van der Waals surface area contributed by atoms with E-state index in [1.54, 1.807) is 19.2 Å². The van der Waals surface area contributed by atoms with Gasteiger partial charge in [0.05, 0.1) is 17.9 Å². The summed E-state index contributed by atoms with van der Waals surface area (Å²) < 4.78 is 4.96. The highest BCUT2D eigenvalue weighted by Crippen LogP contribution is 2.24. The molecule has 0 aliphatic rings. The van der Waals surface area contributed by atoms with E-state index < -0.39 is 5.97 Å². The van der Waals surface area contributed by atoms with Crippen molar-refractivity contribution in [3.05, 3.63) is 17.8 Å². The van der Waals surface area contributed by atoms with Gasteiger partial charge in [-0.2, -0.15) is 0 Å². The second kappa shape index (κ2) is 8.37. The molecule has 0 aliphatic heterocycles. The van der Waals surface area contributed by atoms with E-state index in [1.165, 1.54) is 0 Å². The Bertz CT molecular complexity index is 438. The molecule has 0 bridgehead atoms. The van der Waals surface area contributed by atoms with Crippen LogP contribution >= 0.6 is 0 Å². The molecule has 0 aliphatic carbocycles. The van der Waals surface area contributed by atoms with Crippen LogP contribution in [0.2, 0.25) is 0 Å². The number of rotatable bonds is 8. The molecule has 0 saturated carbocycles. The van der Waals surface area contributed by atoms with Crippen LogP contribution in [0.15, 0.2) is 12.3 Å². The van der Waals surface area contributed by atoms with Gasteiger partial charge in [0.25, 0.3) is 0 Å². The lowest BCUT2D eigenvalue weighted by molar-refractivity contribution is 0.0527. The quantitative estimate of drug-likeness (QED) is 0.553. The van der Waals surface area contributed by atoms with Gasteiger partial charge in [-0.3, -0.25) is 0 Å². The number of pyridine rings is 1. The van der Waals surface area contributed by atoms with Gasteiger partial charge in [-0.1, -0.05) is 0 Å². The third kappa shape index (κ3) is 4.38. The zero-order valence-electron chi connectivity index (χ0n) is 12.1. The summed E-state index contributed by atoms with van der Waals surface area (Å²) in [7, 11) is 1.88. The molecule has 20 heavy (non-hydrogen) atoms. The number of nitrogen functional groups attached to an aromatic ring is 1. The Morgan fingerprint density at radius 1 is 1.45 bits per heavy atom. The first-order chi connectivity index (χ1) is 9.61. The number of nitrogens with two attached hydrogens (primary N) is 1. The molecule has 6 nitrogen and oxygen atoms in total. The second-order valence-electron chi connectivity index (χ2n) is 4.52. The lowest BCUT2D eigenvalue weighted by Gasteiger charge is -2.20. The summed E-state index contributed by atoms with van der Waals surface area (Å²) in [5.41, 5.74) is 6.69. The Kier molecular flexibility index (Phi) is 6.79. The molecule has 3 N–H and O–H groups in total. The maximum absolute atomic E-state index is 11.8. The number of carbonyl (C=O) groups is 1. The molecule has 1 aromatic rings. The van der Waals surface area contributed by atoms with Crippen molar-refractivity contribution in [3.8, 4) is 0 Å². The number of anilines is 2. The highest BCUT2D eigenvalue weighted by molar-refractivity contribution is 5.97. The normalized spacial score (nSPS) is 10.3. The first-order valence-electron chi connectivity index (χ1n) is 6.85. The molecular weight excluding hydrogens is 258 g/mol. The average Bonchev–Trinajstić information content (AvgIpc) is 2.44. The number of aliphatic hydroxyl groups excluding tert-OH is 1. The number of aliphatic hydroxyl groups is 1. The summed E-state index contributed by atoms with van der Waals surface area (Å²) in [6, 6.07) is 1.57. The minimum absolute atomic E-state index is 0.211. The van der Waals surface area contributed by atoms with Crippen LogP contribution in [0.25, 0.3) is 0 Å². The largest absolute Gasteiger partial charge is 0.462 e. The molecule has 1 aromatic heterocycles. The van der Waals surface area contributed by atoms with Crippen molar-refractivity contribution < 1.29 is 14.6 Å². The van der Waals surface area contributed by atoms with Gasteiger partial charge in [0.1, 0.15) is 0 Å². The molecule has 6 heteroatoms. The van der Waals surface area contributed by atoms with Crippen molar-refractivity contribution in [1.29, 1.82) is 0 Å². The summed E-state index contributed by atoms with van der Waals surface area (Å²) in [6.45, 7) is 3.04. The summed E-state index contributed by atoms with van der Waals surface area (Å²) in [6.07, 6.45) is 4.22. The van der Waals surface area contributed by atoms with Gasteiger partial charge in [0, 0.05) is 26.4 Å². The monoisotopic (exact) mass is 281 g/mol. The number of esters is 1. The van der Waals surface area contributed by atoms with Gasteiger partial charge in [-0.05, 0) is 32.3 Å². The van der Waals surface area contributed by atoms with Gasteiger partial charge in [-0.25, -0.2) is 9.78 Å². The zero-order chi connectivity index (χ0) is 15.0. The molecule has 112 valence electrons. The van der Waals surface area contributed by atoms with E-state index in [9.17, 15) is 4.79 Å². The highest BCUT2D eigenvalue weighted by Gasteiger charge is 2.16. The standard InChI is InChI=1S/C14H23N3O3/c1-3-20-14(19)11-7-8-16-13(12(11)15)17(2)9-5-4-6-10-18/h7-8,18H,3-6,9-10,15H2,1-2H3. The van der Waals surface area contributed by atoms with Crippen LogP contribution < -0.4 is 10.6 Å². The molecule has 1 rings (SSSR count). The second-order valence-corrected chi connectivity index (χ2v) is 4.52. The van der Waals surface area contributed by atoms with Crippen LogP contribution in [0.4, 0.5) is 11.5 Å². The number of aromatic nitrogens is 1. The fourth-order valence-electron chi connectivity index (χ4n) is 1.90. The topological polar surface area (TPSA) is 88.7 Å². The first-order valence-corrected chi connectivity index (χ1v) is 6.85. The van der Waals surface area contributed by atoms with E-state index in [4.69, 9.17) is 15.6 Å². The third-order valence-electron chi connectivity index (χ3n) is 2.98. The smallest absolute Gasteiger partial charge is 0.340 e. The van der Waals surface area contributed by atoms with Crippen molar-refractivity contribution in [2.24, 2.45) is 0 Å². The molecule has 0 unspecified atom stereocenters. The van der Waals surface area contributed by atoms with E-state index in [0.717, 1.165) is 25.8 Å². The number of unbranched alkanes of at least 4 members (excludes halogenated alkanes) is 2. The number of carbonyl (C=O) groups excluding carboxylic acids is 1. The van der Waals surface area contributed by atoms with Gasteiger partial charge in [-0.15, -0.1) is 0 Å². The lowest BCUT2D eigenvalue weighted by Crippen LogP contribution is -2.22. The molecule has 0 spiro atoms. The summed E-state index contributed by atoms with van der Waals surface area (Å²) >= 11 is 0. The molecule has 0 atom stereocenters. The maximum atomic E-state index is 11.8. The van der Waals surface area contributed by atoms with Crippen LogP contribution in [0.5, 0.6) is 0 Å². The van der Waals surface area contributed by atoms with Crippen LogP contribution in [0, 0.1) is 0 Å². The van der Waals surface area contributed by atoms with Gasteiger partial charge in [0.2, 0.25) is 0 Å². The van der Waals surface area contributed by atoms with Crippen molar-refractivity contribution in [2.45, 2.75) is 26.2 Å². The zero-order valence-corrected chi connectivity index (χ0v) is 12.1. The number of hydrogen-bond donors (Lipinski definition) is 2. The Hall–Kier alpha value is -1.82. The fraction of sp³-hybridized carbons (Fsp3) is 0.571. The number of ether oxygens (including phenoxy) is 1. The maximum Gasteiger partial charge on any atom is 0.340 e. The Labute approximate surface area is 119 Å². The van der Waals surface area contributed by atoms with Crippen molar-refractivity contribution in [2.75, 3.05) is 37.4 Å². The van der Waals surface area contributed by atoms with Crippen LogP contribution in [0.3, 0.4) is 0 Å². The molecule has 1 heterocycles. The summed E-state index contributed by atoms with van der Waals surface area (Å²) in [5.74, 6) is 0.155. The minimum Gasteiger partial charge on any atom is -0.462 e. The molecular formula is C14H23N3O3. The molecule has 0 amide bonds. The van der Waals surface area contributed by atoms with Gasteiger partial charge >= 0.3 is 5.97 Å². The number of nitrogens with zero attached hydrogens (tertiary/aromatic N) is 2. The summed E-state index contributed by atoms with van der Waals surface area (Å²) in [4.78, 5) is 17.9. The van der Waals surface area contributed by atoms with E-state index in [-0.39, 0.29) is 6.61 Å². The SMILES string of the molecule is CCOC(=O)c1ccnc(N(C)CCCCCO)c1N. The molecule has 0 radical (unpaired) electrons.